The molecule has 0 saturated heterocycles. The SMILES string of the molecule is CCOC(=O)c1cccc(Oc2ccc(C)cc2)c1N. The van der Waals surface area contributed by atoms with Crippen molar-refractivity contribution >= 4 is 11.7 Å². The van der Waals surface area contributed by atoms with E-state index < -0.39 is 5.97 Å². The van der Waals surface area contributed by atoms with Crippen molar-refractivity contribution in [3.8, 4) is 11.5 Å². The quantitative estimate of drug-likeness (QED) is 0.682. The Labute approximate surface area is 118 Å². The first-order valence-corrected chi connectivity index (χ1v) is 6.42. The molecule has 104 valence electrons. The van der Waals surface area contributed by atoms with Crippen molar-refractivity contribution in [2.75, 3.05) is 12.3 Å². The van der Waals surface area contributed by atoms with E-state index in [1.54, 1.807) is 25.1 Å². The van der Waals surface area contributed by atoms with E-state index in [2.05, 4.69) is 0 Å². The highest BCUT2D eigenvalue weighted by atomic mass is 16.5. The molecule has 2 rings (SSSR count). The summed E-state index contributed by atoms with van der Waals surface area (Å²) in [6.45, 7) is 4.06. The molecule has 0 aliphatic carbocycles. The van der Waals surface area contributed by atoms with Crippen LogP contribution in [0.3, 0.4) is 0 Å². The van der Waals surface area contributed by atoms with Gasteiger partial charge in [0.25, 0.3) is 0 Å². The molecule has 0 amide bonds. The van der Waals surface area contributed by atoms with Gasteiger partial charge in [-0.25, -0.2) is 4.79 Å². The number of ether oxygens (including phenoxy) is 2. The third-order valence-corrected chi connectivity index (χ3v) is 2.81. The van der Waals surface area contributed by atoms with Gasteiger partial charge in [-0.05, 0) is 38.1 Å². The fraction of sp³-hybridized carbons (Fsp3) is 0.188. The van der Waals surface area contributed by atoms with Crippen molar-refractivity contribution in [2.45, 2.75) is 13.8 Å². The zero-order valence-corrected chi connectivity index (χ0v) is 11.6. The fourth-order valence-corrected chi connectivity index (χ4v) is 1.75. The van der Waals surface area contributed by atoms with Gasteiger partial charge in [0.2, 0.25) is 0 Å². The van der Waals surface area contributed by atoms with Gasteiger partial charge in [0.1, 0.15) is 5.75 Å². The van der Waals surface area contributed by atoms with Gasteiger partial charge in [0.05, 0.1) is 17.9 Å². The molecule has 0 heterocycles. The molecule has 0 aliphatic rings. The summed E-state index contributed by atoms with van der Waals surface area (Å²) in [6.07, 6.45) is 0. The Morgan fingerprint density at radius 3 is 2.50 bits per heavy atom. The summed E-state index contributed by atoms with van der Waals surface area (Å²) >= 11 is 0. The highest BCUT2D eigenvalue weighted by molar-refractivity contribution is 5.96. The Morgan fingerprint density at radius 1 is 1.15 bits per heavy atom. The summed E-state index contributed by atoms with van der Waals surface area (Å²) in [5.41, 5.74) is 7.71. The van der Waals surface area contributed by atoms with Gasteiger partial charge in [0, 0.05) is 0 Å². The maximum Gasteiger partial charge on any atom is 0.340 e. The van der Waals surface area contributed by atoms with Gasteiger partial charge in [-0.1, -0.05) is 23.8 Å². The van der Waals surface area contributed by atoms with Crippen LogP contribution in [0.5, 0.6) is 11.5 Å². The molecule has 2 N–H and O–H groups in total. The van der Waals surface area contributed by atoms with Crippen molar-refractivity contribution in [3.05, 3.63) is 53.6 Å². The van der Waals surface area contributed by atoms with E-state index in [0.717, 1.165) is 5.56 Å². The number of aryl methyl sites for hydroxylation is 1. The molecule has 4 heteroatoms. The first kappa shape index (κ1) is 13.9. The van der Waals surface area contributed by atoms with E-state index in [1.165, 1.54) is 0 Å². The number of benzene rings is 2. The fourth-order valence-electron chi connectivity index (χ4n) is 1.75. The molecular weight excluding hydrogens is 254 g/mol. The molecule has 2 aromatic rings. The highest BCUT2D eigenvalue weighted by Gasteiger charge is 2.14. The normalized spacial score (nSPS) is 10.1. The second-order valence-corrected chi connectivity index (χ2v) is 4.35. The molecule has 0 atom stereocenters. The molecule has 2 aromatic carbocycles. The lowest BCUT2D eigenvalue weighted by Gasteiger charge is -2.11. The molecule has 0 saturated carbocycles. The standard InChI is InChI=1S/C16H17NO3/c1-3-19-16(18)13-5-4-6-14(15(13)17)20-12-9-7-11(2)8-10-12/h4-10H,3,17H2,1-2H3. The van der Waals surface area contributed by atoms with Gasteiger partial charge in [0.15, 0.2) is 5.75 Å². The molecule has 20 heavy (non-hydrogen) atoms. The predicted molar refractivity (Wildman–Crippen MR) is 78.1 cm³/mol. The third kappa shape index (κ3) is 3.09. The molecule has 0 radical (unpaired) electrons. The number of esters is 1. The molecule has 0 spiro atoms. The second kappa shape index (κ2) is 6.10. The van der Waals surface area contributed by atoms with Crippen LogP contribution in [-0.2, 0) is 4.74 Å². The molecule has 0 unspecified atom stereocenters. The molecule has 0 fully saturated rings. The van der Waals surface area contributed by atoms with E-state index in [4.69, 9.17) is 15.2 Å². The van der Waals surface area contributed by atoms with E-state index >= 15 is 0 Å². The lowest BCUT2D eigenvalue weighted by atomic mass is 10.1. The van der Waals surface area contributed by atoms with Crippen LogP contribution < -0.4 is 10.5 Å². The minimum Gasteiger partial charge on any atom is -0.462 e. The average molecular weight is 271 g/mol. The Kier molecular flexibility index (Phi) is 4.25. The first-order chi connectivity index (χ1) is 9.61. The maximum atomic E-state index is 11.8. The number of carbonyl (C=O) groups excluding carboxylic acids is 1. The number of hydrogen-bond donors (Lipinski definition) is 1. The van der Waals surface area contributed by atoms with Crippen LogP contribution in [0, 0.1) is 6.92 Å². The number of rotatable bonds is 4. The average Bonchev–Trinajstić information content (AvgIpc) is 2.44. The minimum absolute atomic E-state index is 0.284. The summed E-state index contributed by atoms with van der Waals surface area (Å²) in [5.74, 6) is 0.669. The number of anilines is 1. The molecule has 4 nitrogen and oxygen atoms in total. The van der Waals surface area contributed by atoms with Crippen LogP contribution in [0.1, 0.15) is 22.8 Å². The van der Waals surface area contributed by atoms with Crippen molar-refractivity contribution in [1.82, 2.24) is 0 Å². The number of nitrogens with two attached hydrogens (primary N) is 1. The van der Waals surface area contributed by atoms with Gasteiger partial charge in [-0.15, -0.1) is 0 Å². The van der Waals surface area contributed by atoms with E-state index in [9.17, 15) is 4.79 Å². The number of carbonyl (C=O) groups is 1. The van der Waals surface area contributed by atoms with E-state index in [-0.39, 0.29) is 5.69 Å². The summed E-state index contributed by atoms with van der Waals surface area (Å²) in [6, 6.07) is 12.7. The largest absolute Gasteiger partial charge is 0.462 e. The summed E-state index contributed by atoms with van der Waals surface area (Å²) in [4.78, 5) is 11.8. The van der Waals surface area contributed by atoms with Crippen LogP contribution in [0.4, 0.5) is 5.69 Å². The summed E-state index contributed by atoms with van der Waals surface area (Å²) in [7, 11) is 0. The maximum absolute atomic E-state index is 11.8. The Hall–Kier alpha value is -2.49. The van der Waals surface area contributed by atoms with Gasteiger partial charge in [-0.3, -0.25) is 0 Å². The molecule has 0 bridgehead atoms. The number of hydrogen-bond acceptors (Lipinski definition) is 4. The molecular formula is C16H17NO3. The summed E-state index contributed by atoms with van der Waals surface area (Å²) in [5, 5.41) is 0. The van der Waals surface area contributed by atoms with E-state index in [0.29, 0.717) is 23.7 Å². The lowest BCUT2D eigenvalue weighted by molar-refractivity contribution is 0.0527. The van der Waals surface area contributed by atoms with Crippen molar-refractivity contribution in [1.29, 1.82) is 0 Å². The minimum atomic E-state index is -0.445. The molecule has 0 aromatic heterocycles. The Morgan fingerprint density at radius 2 is 1.85 bits per heavy atom. The van der Waals surface area contributed by atoms with Crippen LogP contribution in [-0.4, -0.2) is 12.6 Å². The predicted octanol–water partition coefficient (Wildman–Crippen LogP) is 3.55. The van der Waals surface area contributed by atoms with Crippen LogP contribution in [0.2, 0.25) is 0 Å². The number of para-hydroxylation sites is 1. The number of nitrogen functional groups attached to an aromatic ring is 1. The van der Waals surface area contributed by atoms with Crippen molar-refractivity contribution in [2.24, 2.45) is 0 Å². The van der Waals surface area contributed by atoms with Gasteiger partial charge in [-0.2, -0.15) is 0 Å². The zero-order chi connectivity index (χ0) is 14.5. The van der Waals surface area contributed by atoms with Gasteiger partial charge >= 0.3 is 5.97 Å². The topological polar surface area (TPSA) is 61.5 Å². The van der Waals surface area contributed by atoms with Gasteiger partial charge < -0.3 is 15.2 Å². The molecule has 0 aliphatic heterocycles. The van der Waals surface area contributed by atoms with Crippen molar-refractivity contribution < 1.29 is 14.3 Å². The smallest absolute Gasteiger partial charge is 0.340 e. The highest BCUT2D eigenvalue weighted by Crippen LogP contribution is 2.30. The van der Waals surface area contributed by atoms with Crippen LogP contribution >= 0.6 is 0 Å². The van der Waals surface area contributed by atoms with Crippen molar-refractivity contribution in [3.63, 3.8) is 0 Å². The first-order valence-electron chi connectivity index (χ1n) is 6.42. The Bertz CT molecular complexity index is 606. The van der Waals surface area contributed by atoms with E-state index in [1.807, 2.05) is 31.2 Å². The monoisotopic (exact) mass is 271 g/mol. The third-order valence-electron chi connectivity index (χ3n) is 2.81. The summed E-state index contributed by atoms with van der Waals surface area (Å²) < 4.78 is 10.7. The zero-order valence-electron chi connectivity index (χ0n) is 11.6. The van der Waals surface area contributed by atoms with Crippen LogP contribution in [0.25, 0.3) is 0 Å². The Balaban J connectivity index is 2.26. The lowest BCUT2D eigenvalue weighted by Crippen LogP contribution is -2.08. The second-order valence-electron chi connectivity index (χ2n) is 4.35. The van der Waals surface area contributed by atoms with Crippen LogP contribution in [0.15, 0.2) is 42.5 Å².